The molecule has 0 unspecified atom stereocenters. The third kappa shape index (κ3) is 5.49. The SMILES string of the molecule is NC(=NCCCOc1ccc(Cl)cc1Cl)N1CCSCC1. The maximum absolute atomic E-state index is 6.03. The van der Waals surface area contributed by atoms with E-state index in [1.165, 1.54) is 0 Å². The van der Waals surface area contributed by atoms with Crippen molar-refractivity contribution in [3.8, 4) is 5.75 Å². The molecule has 1 aliphatic rings. The van der Waals surface area contributed by atoms with E-state index in [2.05, 4.69) is 9.89 Å². The molecule has 116 valence electrons. The minimum absolute atomic E-state index is 0.524. The fourth-order valence-electron chi connectivity index (χ4n) is 1.92. The Labute approximate surface area is 139 Å². The summed E-state index contributed by atoms with van der Waals surface area (Å²) < 4.78 is 5.60. The van der Waals surface area contributed by atoms with Gasteiger partial charge in [0.2, 0.25) is 0 Å². The first-order chi connectivity index (χ1) is 10.2. The Hall–Kier alpha value is -0.780. The maximum Gasteiger partial charge on any atom is 0.191 e. The van der Waals surface area contributed by atoms with Gasteiger partial charge in [-0.25, -0.2) is 0 Å². The minimum atomic E-state index is 0.524. The molecule has 2 N–H and O–H groups in total. The van der Waals surface area contributed by atoms with E-state index in [0.29, 0.717) is 34.9 Å². The van der Waals surface area contributed by atoms with Crippen molar-refractivity contribution >= 4 is 40.9 Å². The van der Waals surface area contributed by atoms with Crippen LogP contribution in [0.25, 0.3) is 0 Å². The van der Waals surface area contributed by atoms with Gasteiger partial charge >= 0.3 is 0 Å². The highest BCUT2D eigenvalue weighted by Crippen LogP contribution is 2.27. The van der Waals surface area contributed by atoms with Crippen LogP contribution in [0.2, 0.25) is 10.0 Å². The Kier molecular flexibility index (Phi) is 6.80. The predicted octanol–water partition coefficient (Wildman–Crippen LogP) is 3.13. The topological polar surface area (TPSA) is 50.9 Å². The molecule has 7 heteroatoms. The Balaban J connectivity index is 1.69. The summed E-state index contributed by atoms with van der Waals surface area (Å²) >= 11 is 13.8. The molecule has 0 saturated carbocycles. The van der Waals surface area contributed by atoms with Crippen molar-refractivity contribution in [3.63, 3.8) is 0 Å². The van der Waals surface area contributed by atoms with Crippen LogP contribution in [-0.2, 0) is 0 Å². The molecule has 2 rings (SSSR count). The molecule has 1 aromatic rings. The zero-order chi connectivity index (χ0) is 15.1. The fourth-order valence-corrected chi connectivity index (χ4v) is 3.29. The van der Waals surface area contributed by atoms with E-state index < -0.39 is 0 Å². The number of ether oxygens (including phenoxy) is 1. The molecule has 0 radical (unpaired) electrons. The summed E-state index contributed by atoms with van der Waals surface area (Å²) in [6.45, 7) is 3.17. The molecule has 4 nitrogen and oxygen atoms in total. The number of benzene rings is 1. The number of guanidine groups is 1. The largest absolute Gasteiger partial charge is 0.492 e. The minimum Gasteiger partial charge on any atom is -0.492 e. The molecular formula is C14H19Cl2N3OS. The molecule has 1 heterocycles. The summed E-state index contributed by atoms with van der Waals surface area (Å²) in [7, 11) is 0. The van der Waals surface area contributed by atoms with Gasteiger partial charge in [-0.2, -0.15) is 11.8 Å². The van der Waals surface area contributed by atoms with Crippen molar-refractivity contribution in [3.05, 3.63) is 28.2 Å². The lowest BCUT2D eigenvalue weighted by atomic mass is 10.3. The summed E-state index contributed by atoms with van der Waals surface area (Å²) in [6.07, 6.45) is 0.794. The first-order valence-electron chi connectivity index (χ1n) is 6.87. The molecule has 0 bridgehead atoms. The van der Waals surface area contributed by atoms with Gasteiger partial charge in [0.05, 0.1) is 11.6 Å². The van der Waals surface area contributed by atoms with Crippen molar-refractivity contribution in [1.29, 1.82) is 0 Å². The number of hydrogen-bond acceptors (Lipinski definition) is 3. The van der Waals surface area contributed by atoms with Gasteiger partial charge < -0.3 is 15.4 Å². The third-order valence-electron chi connectivity index (χ3n) is 3.06. The first kappa shape index (κ1) is 16.6. The van der Waals surface area contributed by atoms with E-state index in [4.69, 9.17) is 33.7 Å². The van der Waals surface area contributed by atoms with Crippen LogP contribution >= 0.6 is 35.0 Å². The van der Waals surface area contributed by atoms with Crippen LogP contribution in [0.4, 0.5) is 0 Å². The molecule has 1 aliphatic heterocycles. The number of halogens is 2. The summed E-state index contributed by atoms with van der Waals surface area (Å²) in [5.74, 6) is 3.52. The second-order valence-corrected chi connectivity index (χ2v) is 6.68. The Morgan fingerprint density at radius 1 is 1.33 bits per heavy atom. The van der Waals surface area contributed by atoms with Crippen LogP contribution in [0.5, 0.6) is 5.75 Å². The van der Waals surface area contributed by atoms with E-state index in [-0.39, 0.29) is 0 Å². The van der Waals surface area contributed by atoms with Crippen molar-refractivity contribution in [1.82, 2.24) is 4.90 Å². The number of hydrogen-bond donors (Lipinski definition) is 1. The van der Waals surface area contributed by atoms with Crippen LogP contribution in [0.15, 0.2) is 23.2 Å². The Morgan fingerprint density at radius 3 is 2.81 bits per heavy atom. The molecule has 0 amide bonds. The molecule has 1 aromatic carbocycles. The zero-order valence-electron chi connectivity index (χ0n) is 11.7. The normalized spacial score (nSPS) is 16.1. The monoisotopic (exact) mass is 347 g/mol. The van der Waals surface area contributed by atoms with Crippen LogP contribution in [-0.4, -0.2) is 48.6 Å². The smallest absolute Gasteiger partial charge is 0.191 e. The zero-order valence-corrected chi connectivity index (χ0v) is 14.1. The summed E-state index contributed by atoms with van der Waals surface area (Å²) in [5.41, 5.74) is 5.97. The molecule has 1 fully saturated rings. The number of aliphatic imine (C=N–C) groups is 1. The van der Waals surface area contributed by atoms with Gasteiger partial charge in [0.15, 0.2) is 5.96 Å². The lowest BCUT2D eigenvalue weighted by Gasteiger charge is -2.27. The van der Waals surface area contributed by atoms with E-state index in [1.54, 1.807) is 18.2 Å². The van der Waals surface area contributed by atoms with Crippen molar-refractivity contribution in [2.75, 3.05) is 37.7 Å². The van der Waals surface area contributed by atoms with E-state index in [0.717, 1.165) is 31.0 Å². The standard InChI is InChI=1S/C14H19Cl2N3OS/c15-11-2-3-13(12(16)10-11)20-7-1-4-18-14(17)19-5-8-21-9-6-19/h2-3,10H,1,4-9H2,(H2,17,18). The highest BCUT2D eigenvalue weighted by molar-refractivity contribution is 7.99. The molecule has 0 aliphatic carbocycles. The molecule has 0 aromatic heterocycles. The van der Waals surface area contributed by atoms with Gasteiger partial charge in [-0.05, 0) is 18.2 Å². The number of nitrogens with two attached hydrogens (primary N) is 1. The molecule has 0 spiro atoms. The lowest BCUT2D eigenvalue weighted by Crippen LogP contribution is -2.42. The Morgan fingerprint density at radius 2 is 2.10 bits per heavy atom. The summed E-state index contributed by atoms with van der Waals surface area (Å²) in [5, 5.41) is 1.13. The molecule has 1 saturated heterocycles. The highest BCUT2D eigenvalue weighted by Gasteiger charge is 2.11. The van der Waals surface area contributed by atoms with Crippen LogP contribution in [0, 0.1) is 0 Å². The van der Waals surface area contributed by atoms with Gasteiger partial charge in [0.1, 0.15) is 5.75 Å². The van der Waals surface area contributed by atoms with Gasteiger partial charge in [-0.15, -0.1) is 0 Å². The predicted molar refractivity (Wildman–Crippen MR) is 92.0 cm³/mol. The van der Waals surface area contributed by atoms with E-state index in [9.17, 15) is 0 Å². The van der Waals surface area contributed by atoms with Crippen LogP contribution in [0.3, 0.4) is 0 Å². The fraction of sp³-hybridized carbons (Fsp3) is 0.500. The van der Waals surface area contributed by atoms with Gasteiger partial charge in [-0.1, -0.05) is 23.2 Å². The first-order valence-corrected chi connectivity index (χ1v) is 8.78. The molecular weight excluding hydrogens is 329 g/mol. The number of nitrogens with zero attached hydrogens (tertiary/aromatic N) is 2. The van der Waals surface area contributed by atoms with Gasteiger partial charge in [0.25, 0.3) is 0 Å². The van der Waals surface area contributed by atoms with Gasteiger partial charge in [0, 0.05) is 42.6 Å². The molecule has 21 heavy (non-hydrogen) atoms. The maximum atomic E-state index is 6.03. The second-order valence-electron chi connectivity index (χ2n) is 4.62. The van der Waals surface area contributed by atoms with E-state index >= 15 is 0 Å². The number of rotatable bonds is 5. The van der Waals surface area contributed by atoms with Crippen molar-refractivity contribution in [2.45, 2.75) is 6.42 Å². The van der Waals surface area contributed by atoms with Crippen LogP contribution in [0.1, 0.15) is 6.42 Å². The number of thioether (sulfide) groups is 1. The average molecular weight is 348 g/mol. The van der Waals surface area contributed by atoms with E-state index in [1.807, 2.05) is 11.8 Å². The van der Waals surface area contributed by atoms with Crippen molar-refractivity contribution in [2.24, 2.45) is 10.7 Å². The van der Waals surface area contributed by atoms with Gasteiger partial charge in [-0.3, -0.25) is 4.99 Å². The van der Waals surface area contributed by atoms with Crippen LogP contribution < -0.4 is 10.5 Å². The average Bonchev–Trinajstić information content (AvgIpc) is 2.49. The van der Waals surface area contributed by atoms with Crippen molar-refractivity contribution < 1.29 is 4.74 Å². The molecule has 0 atom stereocenters. The quantitative estimate of drug-likeness (QED) is 0.505. The summed E-state index contributed by atoms with van der Waals surface area (Å²) in [4.78, 5) is 6.52. The third-order valence-corrected chi connectivity index (χ3v) is 4.54. The summed E-state index contributed by atoms with van der Waals surface area (Å²) in [6, 6.07) is 5.20. The highest BCUT2D eigenvalue weighted by atomic mass is 35.5. The second kappa shape index (κ2) is 8.61. The lowest BCUT2D eigenvalue weighted by molar-refractivity contribution is 0.313. The Bertz CT molecular complexity index is 493.